The van der Waals surface area contributed by atoms with Gasteiger partial charge in [-0.05, 0) is 6.07 Å². The van der Waals surface area contributed by atoms with Gasteiger partial charge in [-0.15, -0.1) is 0 Å². The Morgan fingerprint density at radius 2 is 2.24 bits per heavy atom. The molecule has 2 N–H and O–H groups in total. The first kappa shape index (κ1) is 13.6. The fourth-order valence-corrected chi connectivity index (χ4v) is 1.29. The fraction of sp³-hybridized carbons (Fsp3) is 0.400. The summed E-state index contributed by atoms with van der Waals surface area (Å²) in [5.74, 6) is -0.840. The average Bonchev–Trinajstić information content (AvgIpc) is 2.27. The number of rotatable bonds is 4. The summed E-state index contributed by atoms with van der Waals surface area (Å²) in [6, 6.07) is -0.391. The quantitative estimate of drug-likeness (QED) is 0.814. The summed E-state index contributed by atoms with van der Waals surface area (Å²) in [6.07, 6.45) is -2.77. The smallest absolute Gasteiger partial charge is 0.383 e. The number of ketones is 1. The maximum absolute atomic E-state index is 12.6. The predicted octanol–water partition coefficient (Wildman–Crippen LogP) is 1.26. The second-order valence-corrected chi connectivity index (χ2v) is 3.35. The molecule has 0 saturated carbocycles. The molecule has 0 bridgehead atoms. The van der Waals surface area contributed by atoms with Crippen LogP contribution in [0, 0.1) is 0 Å². The van der Waals surface area contributed by atoms with Crippen molar-refractivity contribution in [3.63, 3.8) is 0 Å². The van der Waals surface area contributed by atoms with E-state index in [0.29, 0.717) is 0 Å². The van der Waals surface area contributed by atoms with Gasteiger partial charge in [0.2, 0.25) is 0 Å². The van der Waals surface area contributed by atoms with E-state index in [-0.39, 0.29) is 6.61 Å². The molecule has 0 amide bonds. The molecule has 0 aliphatic rings. The molecule has 1 rings (SSSR count). The molecular formula is C10H11F3N2O2. The molecule has 0 spiro atoms. The molecule has 1 aromatic rings. The van der Waals surface area contributed by atoms with Crippen LogP contribution in [0.1, 0.15) is 15.9 Å². The summed E-state index contributed by atoms with van der Waals surface area (Å²) in [4.78, 5) is 15.2. The van der Waals surface area contributed by atoms with Gasteiger partial charge in [-0.25, -0.2) is 0 Å². The first-order chi connectivity index (χ1) is 7.88. The number of halogens is 3. The van der Waals surface area contributed by atoms with Gasteiger partial charge in [0.25, 0.3) is 0 Å². The highest BCUT2D eigenvalue weighted by Crippen LogP contribution is 2.31. The third kappa shape index (κ3) is 3.24. The maximum Gasteiger partial charge on any atom is 0.417 e. The van der Waals surface area contributed by atoms with E-state index in [4.69, 9.17) is 5.73 Å². The lowest BCUT2D eigenvalue weighted by Crippen LogP contribution is -2.36. The maximum atomic E-state index is 12.6. The minimum absolute atomic E-state index is 0.148. The van der Waals surface area contributed by atoms with Crippen LogP contribution in [0.2, 0.25) is 0 Å². The molecule has 17 heavy (non-hydrogen) atoms. The van der Waals surface area contributed by atoms with Gasteiger partial charge in [0.15, 0.2) is 5.78 Å². The first-order valence-corrected chi connectivity index (χ1v) is 4.68. The van der Waals surface area contributed by atoms with Crippen LogP contribution in [-0.4, -0.2) is 30.5 Å². The molecule has 0 aliphatic heterocycles. The number of methoxy groups -OCH3 is 1. The molecule has 7 heteroatoms. The van der Waals surface area contributed by atoms with Crippen molar-refractivity contribution >= 4 is 5.78 Å². The lowest BCUT2D eigenvalue weighted by atomic mass is 10.0. The number of carbonyl (C=O) groups excluding carboxylic acids is 1. The second kappa shape index (κ2) is 5.24. The number of ether oxygens (including phenoxy) is 1. The van der Waals surface area contributed by atoms with Gasteiger partial charge in [0.05, 0.1) is 18.2 Å². The average molecular weight is 248 g/mol. The summed E-state index contributed by atoms with van der Waals surface area (Å²) in [7, 11) is 1.31. The van der Waals surface area contributed by atoms with E-state index in [0.717, 1.165) is 18.5 Å². The van der Waals surface area contributed by atoms with Crippen LogP contribution in [0.4, 0.5) is 13.2 Å². The number of nitrogens with zero attached hydrogens (tertiary/aromatic N) is 1. The van der Waals surface area contributed by atoms with Crippen LogP contribution in [0.5, 0.6) is 0 Å². The molecule has 4 nitrogen and oxygen atoms in total. The highest BCUT2D eigenvalue weighted by Gasteiger charge is 2.36. The van der Waals surface area contributed by atoms with Gasteiger partial charge >= 0.3 is 6.18 Å². The minimum Gasteiger partial charge on any atom is -0.383 e. The van der Waals surface area contributed by atoms with Crippen LogP contribution in [0.15, 0.2) is 18.5 Å². The summed E-state index contributed by atoms with van der Waals surface area (Å²) in [5, 5.41) is 0. The Morgan fingerprint density at radius 1 is 1.59 bits per heavy atom. The van der Waals surface area contributed by atoms with Crippen LogP contribution in [0.3, 0.4) is 0 Å². The van der Waals surface area contributed by atoms with Crippen molar-refractivity contribution in [3.8, 4) is 0 Å². The van der Waals surface area contributed by atoms with Crippen LogP contribution in [-0.2, 0) is 10.9 Å². The molecular weight excluding hydrogens is 237 g/mol. The van der Waals surface area contributed by atoms with Crippen molar-refractivity contribution in [2.75, 3.05) is 13.7 Å². The van der Waals surface area contributed by atoms with E-state index in [9.17, 15) is 18.0 Å². The van der Waals surface area contributed by atoms with Crippen molar-refractivity contribution < 1.29 is 22.7 Å². The highest BCUT2D eigenvalue weighted by molar-refractivity contribution is 6.01. The number of hydrogen-bond acceptors (Lipinski definition) is 4. The monoisotopic (exact) mass is 248 g/mol. The zero-order chi connectivity index (χ0) is 13.1. The number of Topliss-reactive ketones (excluding diaryl/α,β-unsaturated/α-hetero) is 1. The zero-order valence-corrected chi connectivity index (χ0v) is 8.99. The molecule has 0 saturated heterocycles. The van der Waals surface area contributed by atoms with E-state index in [1.54, 1.807) is 0 Å². The van der Waals surface area contributed by atoms with E-state index in [2.05, 4.69) is 9.72 Å². The lowest BCUT2D eigenvalue weighted by Gasteiger charge is -2.14. The van der Waals surface area contributed by atoms with E-state index < -0.39 is 29.1 Å². The Labute approximate surface area is 95.6 Å². The minimum atomic E-state index is -4.61. The normalized spacial score (nSPS) is 13.5. The Kier molecular flexibility index (Phi) is 4.19. The summed E-state index contributed by atoms with van der Waals surface area (Å²) in [6.45, 7) is -0.148. The van der Waals surface area contributed by atoms with Crippen molar-refractivity contribution in [2.45, 2.75) is 12.2 Å². The number of aromatic nitrogens is 1. The van der Waals surface area contributed by atoms with Crippen molar-refractivity contribution in [1.29, 1.82) is 0 Å². The number of hydrogen-bond donors (Lipinski definition) is 1. The Hall–Kier alpha value is -1.47. The predicted molar refractivity (Wildman–Crippen MR) is 53.4 cm³/mol. The van der Waals surface area contributed by atoms with E-state index in [1.807, 2.05) is 0 Å². The molecule has 0 radical (unpaired) electrons. The van der Waals surface area contributed by atoms with Gasteiger partial charge in [-0.3, -0.25) is 9.78 Å². The number of carbonyl (C=O) groups is 1. The van der Waals surface area contributed by atoms with Crippen molar-refractivity contribution in [2.24, 2.45) is 5.73 Å². The number of alkyl halides is 3. The summed E-state index contributed by atoms with van der Waals surface area (Å²) >= 11 is 0. The second-order valence-electron chi connectivity index (χ2n) is 3.35. The van der Waals surface area contributed by atoms with Crippen LogP contribution in [0.25, 0.3) is 0 Å². The Balaban J connectivity index is 3.10. The molecule has 0 aromatic carbocycles. The zero-order valence-electron chi connectivity index (χ0n) is 8.99. The molecule has 1 unspecified atom stereocenters. The summed E-state index contributed by atoms with van der Waals surface area (Å²) < 4.78 is 42.4. The largest absolute Gasteiger partial charge is 0.417 e. The van der Waals surface area contributed by atoms with E-state index >= 15 is 0 Å². The summed E-state index contributed by atoms with van der Waals surface area (Å²) in [5.41, 5.74) is 3.83. The van der Waals surface area contributed by atoms with Crippen molar-refractivity contribution in [3.05, 3.63) is 29.6 Å². The van der Waals surface area contributed by atoms with Gasteiger partial charge in [0.1, 0.15) is 0 Å². The fourth-order valence-electron chi connectivity index (χ4n) is 1.29. The number of pyridine rings is 1. The molecule has 0 fully saturated rings. The molecule has 1 heterocycles. The lowest BCUT2D eigenvalue weighted by molar-refractivity contribution is -0.138. The van der Waals surface area contributed by atoms with Crippen LogP contribution >= 0.6 is 0 Å². The van der Waals surface area contributed by atoms with E-state index in [1.165, 1.54) is 7.11 Å². The van der Waals surface area contributed by atoms with Gasteiger partial charge in [-0.1, -0.05) is 0 Å². The van der Waals surface area contributed by atoms with Gasteiger partial charge < -0.3 is 10.5 Å². The third-order valence-electron chi connectivity index (χ3n) is 2.07. The Bertz CT molecular complexity index is 407. The van der Waals surface area contributed by atoms with Gasteiger partial charge in [-0.2, -0.15) is 13.2 Å². The van der Waals surface area contributed by atoms with Crippen molar-refractivity contribution in [1.82, 2.24) is 4.98 Å². The molecule has 0 aliphatic carbocycles. The molecule has 1 aromatic heterocycles. The topological polar surface area (TPSA) is 65.2 Å². The third-order valence-corrected chi connectivity index (χ3v) is 2.07. The molecule has 94 valence electrons. The highest BCUT2D eigenvalue weighted by atomic mass is 19.4. The first-order valence-electron chi connectivity index (χ1n) is 4.68. The molecule has 1 atom stereocenters. The number of nitrogens with two attached hydrogens (primary N) is 1. The standard InChI is InChI=1S/C10H11F3N2O2/c1-17-5-8(14)9(16)6-4-15-3-2-7(6)10(11,12)13/h2-4,8H,5,14H2,1H3. The SMILES string of the molecule is COCC(N)C(=O)c1cnccc1C(F)(F)F. The van der Waals surface area contributed by atoms with Crippen LogP contribution < -0.4 is 5.73 Å². The Morgan fingerprint density at radius 3 is 2.76 bits per heavy atom. The van der Waals surface area contributed by atoms with Gasteiger partial charge in [0, 0.05) is 25.1 Å².